The quantitative estimate of drug-likeness (QED) is 0.711. The minimum atomic E-state index is -0.299. The first-order chi connectivity index (χ1) is 11.7. The van der Waals surface area contributed by atoms with Gasteiger partial charge in [-0.15, -0.1) is 12.8 Å². The molecule has 2 N–H and O–H groups in total. The lowest BCUT2D eigenvalue weighted by molar-refractivity contribution is 0.198. The molecule has 1 saturated heterocycles. The predicted octanol–water partition coefficient (Wildman–Crippen LogP) is 2.58. The van der Waals surface area contributed by atoms with Crippen LogP contribution in [0.25, 0.3) is 22.2 Å². The van der Waals surface area contributed by atoms with Crippen LogP contribution in [-0.2, 0) is 0 Å². The zero-order chi connectivity index (χ0) is 17.1. The van der Waals surface area contributed by atoms with Gasteiger partial charge >= 0.3 is 0 Å². The van der Waals surface area contributed by atoms with E-state index in [9.17, 15) is 9.50 Å². The second-order valence-electron chi connectivity index (χ2n) is 5.57. The number of benzene rings is 1. The highest BCUT2D eigenvalue weighted by molar-refractivity contribution is 5.85. The first-order valence-electron chi connectivity index (χ1n) is 7.56. The van der Waals surface area contributed by atoms with Crippen molar-refractivity contribution in [1.29, 1.82) is 0 Å². The molecule has 3 aromatic rings. The fourth-order valence-corrected chi connectivity index (χ4v) is 2.80. The molecule has 1 atom stereocenters. The summed E-state index contributed by atoms with van der Waals surface area (Å²) in [6.45, 7) is 1.34. The Labute approximate surface area is 139 Å². The number of anilines is 1. The van der Waals surface area contributed by atoms with Crippen molar-refractivity contribution >= 4 is 16.9 Å². The van der Waals surface area contributed by atoms with Crippen LogP contribution in [0.1, 0.15) is 6.42 Å². The first-order valence-corrected chi connectivity index (χ1v) is 7.56. The molecular formula is C18H17FN4O. The fraction of sp³-hybridized carbons (Fsp3) is 0.222. The molecule has 1 aliphatic rings. The van der Waals surface area contributed by atoms with Crippen molar-refractivity contribution in [3.63, 3.8) is 0 Å². The summed E-state index contributed by atoms with van der Waals surface area (Å²) >= 11 is 0. The van der Waals surface area contributed by atoms with E-state index >= 15 is 0 Å². The minimum Gasteiger partial charge on any atom is -0.391 e. The Balaban J connectivity index is 0.000000815. The summed E-state index contributed by atoms with van der Waals surface area (Å²) in [6, 6.07) is 6.61. The number of aromatic amines is 1. The van der Waals surface area contributed by atoms with E-state index in [1.165, 1.54) is 12.1 Å². The van der Waals surface area contributed by atoms with Crippen LogP contribution in [0.2, 0.25) is 0 Å². The second kappa shape index (κ2) is 6.69. The van der Waals surface area contributed by atoms with Gasteiger partial charge in [0.05, 0.1) is 6.10 Å². The number of hydrogen-bond donors (Lipinski definition) is 2. The Morgan fingerprint density at radius 1 is 1.21 bits per heavy atom. The van der Waals surface area contributed by atoms with Gasteiger partial charge in [-0.2, -0.15) is 0 Å². The van der Waals surface area contributed by atoms with Crippen molar-refractivity contribution < 1.29 is 9.50 Å². The standard InChI is InChI=1S/C16H15FN4O.C2H2/c17-12-2-1-10-5-14(20-15(10)6-12)11-7-18-16(19-8-11)21-4-3-13(22)9-21;1-2/h1-2,5-8,13,20,22H,3-4,9H2;1-2H/t13-;/m1./s1. The summed E-state index contributed by atoms with van der Waals surface area (Å²) in [5.74, 6) is 0.363. The van der Waals surface area contributed by atoms with E-state index in [-0.39, 0.29) is 11.9 Å². The molecule has 4 rings (SSSR count). The highest BCUT2D eigenvalue weighted by atomic mass is 19.1. The van der Waals surface area contributed by atoms with Crippen molar-refractivity contribution in [2.75, 3.05) is 18.0 Å². The minimum absolute atomic E-state index is 0.264. The number of nitrogens with zero attached hydrogens (tertiary/aromatic N) is 3. The molecule has 2 aromatic heterocycles. The molecule has 1 aromatic carbocycles. The Morgan fingerprint density at radius 2 is 1.96 bits per heavy atom. The van der Waals surface area contributed by atoms with E-state index in [2.05, 4.69) is 27.8 Å². The van der Waals surface area contributed by atoms with Gasteiger partial charge in [-0.1, -0.05) is 0 Å². The summed E-state index contributed by atoms with van der Waals surface area (Å²) in [5.41, 5.74) is 2.45. The molecule has 5 nitrogen and oxygen atoms in total. The van der Waals surface area contributed by atoms with Crippen LogP contribution in [0.4, 0.5) is 10.3 Å². The molecule has 0 radical (unpaired) electrons. The van der Waals surface area contributed by atoms with Crippen LogP contribution in [-0.4, -0.2) is 39.3 Å². The van der Waals surface area contributed by atoms with E-state index < -0.39 is 0 Å². The number of H-pyrrole nitrogens is 1. The summed E-state index contributed by atoms with van der Waals surface area (Å²) in [6.07, 6.45) is 11.9. The van der Waals surface area contributed by atoms with Gasteiger partial charge in [0, 0.05) is 47.6 Å². The lowest BCUT2D eigenvalue weighted by Gasteiger charge is -2.14. The van der Waals surface area contributed by atoms with E-state index in [1.807, 2.05) is 11.0 Å². The number of nitrogens with one attached hydrogen (secondary N) is 1. The van der Waals surface area contributed by atoms with Gasteiger partial charge in [0.2, 0.25) is 5.95 Å². The van der Waals surface area contributed by atoms with Crippen molar-refractivity contribution in [3.8, 4) is 24.1 Å². The third kappa shape index (κ3) is 3.07. The molecular weight excluding hydrogens is 307 g/mol. The van der Waals surface area contributed by atoms with Crippen molar-refractivity contribution in [3.05, 3.63) is 42.5 Å². The van der Waals surface area contributed by atoms with E-state index in [1.54, 1.807) is 18.5 Å². The van der Waals surface area contributed by atoms with Gasteiger partial charge in [-0.05, 0) is 30.7 Å². The Hall–Kier alpha value is -2.91. The lowest BCUT2D eigenvalue weighted by atomic mass is 10.2. The van der Waals surface area contributed by atoms with Crippen LogP contribution in [0, 0.1) is 18.7 Å². The second-order valence-corrected chi connectivity index (χ2v) is 5.57. The molecule has 0 aliphatic carbocycles. The number of terminal acetylenes is 1. The summed E-state index contributed by atoms with van der Waals surface area (Å²) in [7, 11) is 0. The molecule has 122 valence electrons. The number of aliphatic hydroxyl groups is 1. The molecule has 0 spiro atoms. The molecule has 1 fully saturated rings. The number of rotatable bonds is 2. The van der Waals surface area contributed by atoms with Crippen molar-refractivity contribution in [2.45, 2.75) is 12.5 Å². The molecule has 3 heterocycles. The van der Waals surface area contributed by atoms with E-state index in [4.69, 9.17) is 0 Å². The zero-order valence-electron chi connectivity index (χ0n) is 13.0. The number of hydrogen-bond acceptors (Lipinski definition) is 4. The van der Waals surface area contributed by atoms with Crippen LogP contribution < -0.4 is 4.90 Å². The van der Waals surface area contributed by atoms with E-state index in [0.29, 0.717) is 12.5 Å². The summed E-state index contributed by atoms with van der Waals surface area (Å²) < 4.78 is 13.2. The Morgan fingerprint density at radius 3 is 2.62 bits per heavy atom. The molecule has 0 amide bonds. The number of halogens is 1. The van der Waals surface area contributed by atoms with Gasteiger partial charge in [-0.3, -0.25) is 0 Å². The molecule has 1 aliphatic heterocycles. The van der Waals surface area contributed by atoms with Gasteiger partial charge in [0.25, 0.3) is 0 Å². The maximum absolute atomic E-state index is 13.2. The van der Waals surface area contributed by atoms with Crippen LogP contribution >= 0.6 is 0 Å². The highest BCUT2D eigenvalue weighted by Gasteiger charge is 2.22. The van der Waals surface area contributed by atoms with Gasteiger partial charge in [0.15, 0.2) is 0 Å². The van der Waals surface area contributed by atoms with Crippen LogP contribution in [0.5, 0.6) is 0 Å². The lowest BCUT2D eigenvalue weighted by Crippen LogP contribution is -2.23. The third-order valence-electron chi connectivity index (χ3n) is 3.98. The fourth-order valence-electron chi connectivity index (χ4n) is 2.80. The normalized spacial score (nSPS) is 16.8. The predicted molar refractivity (Wildman–Crippen MR) is 92.0 cm³/mol. The Bertz CT molecular complexity index is 856. The van der Waals surface area contributed by atoms with E-state index in [0.717, 1.165) is 35.1 Å². The molecule has 6 heteroatoms. The molecule has 0 unspecified atom stereocenters. The largest absolute Gasteiger partial charge is 0.391 e. The van der Waals surface area contributed by atoms with Gasteiger partial charge in [0.1, 0.15) is 5.82 Å². The van der Waals surface area contributed by atoms with Crippen LogP contribution in [0.3, 0.4) is 0 Å². The third-order valence-corrected chi connectivity index (χ3v) is 3.98. The SMILES string of the molecule is C#C.O[C@@H]1CCN(c2ncc(-c3cc4ccc(F)cc4[nH]3)cn2)C1. The maximum atomic E-state index is 13.2. The molecule has 0 bridgehead atoms. The maximum Gasteiger partial charge on any atom is 0.225 e. The monoisotopic (exact) mass is 324 g/mol. The number of β-amino-alcohol motifs (C(OH)–C–C–N with tert-alkyl or cyclic N) is 1. The van der Waals surface area contributed by atoms with Gasteiger partial charge < -0.3 is 15.0 Å². The average molecular weight is 324 g/mol. The van der Waals surface area contributed by atoms with Crippen LogP contribution in [0.15, 0.2) is 36.7 Å². The number of fused-ring (bicyclic) bond motifs is 1. The first kappa shape index (κ1) is 16.0. The summed E-state index contributed by atoms with van der Waals surface area (Å²) in [5, 5.41) is 10.5. The average Bonchev–Trinajstić information content (AvgIpc) is 3.22. The molecule has 24 heavy (non-hydrogen) atoms. The zero-order valence-corrected chi connectivity index (χ0v) is 13.0. The number of aliphatic hydroxyl groups excluding tert-OH is 1. The van der Waals surface area contributed by atoms with Crippen molar-refractivity contribution in [2.24, 2.45) is 0 Å². The smallest absolute Gasteiger partial charge is 0.225 e. The summed E-state index contributed by atoms with van der Waals surface area (Å²) in [4.78, 5) is 13.9. The topological polar surface area (TPSA) is 65.0 Å². The van der Waals surface area contributed by atoms with Gasteiger partial charge in [-0.25, -0.2) is 14.4 Å². The highest BCUT2D eigenvalue weighted by Crippen LogP contribution is 2.25. The molecule has 0 saturated carbocycles. The van der Waals surface area contributed by atoms with Crippen molar-refractivity contribution in [1.82, 2.24) is 15.0 Å². The number of aromatic nitrogens is 3. The Kier molecular flexibility index (Phi) is 4.45.